The van der Waals surface area contributed by atoms with Crippen molar-refractivity contribution in [1.29, 1.82) is 0 Å². The topological polar surface area (TPSA) is 147 Å². The Bertz CT molecular complexity index is 889. The van der Waals surface area contributed by atoms with E-state index in [1.54, 1.807) is 12.1 Å². The molecule has 0 bridgehead atoms. The molecule has 0 atom stereocenters. The van der Waals surface area contributed by atoms with E-state index in [1.807, 2.05) is 42.5 Å². The van der Waals surface area contributed by atoms with Crippen molar-refractivity contribution < 1.29 is 4.92 Å². The van der Waals surface area contributed by atoms with Gasteiger partial charge in [0.2, 0.25) is 0 Å². The Hall–Kier alpha value is -2.37. The molecule has 0 aliphatic rings. The van der Waals surface area contributed by atoms with Gasteiger partial charge in [-0.25, -0.2) is 0 Å². The quantitative estimate of drug-likeness (QED) is 0.185. The van der Waals surface area contributed by atoms with Crippen molar-refractivity contribution in [3.8, 4) is 0 Å². The zero-order chi connectivity index (χ0) is 25.8. The van der Waals surface area contributed by atoms with Crippen molar-refractivity contribution in [3.05, 3.63) is 109 Å². The summed E-state index contributed by atoms with van der Waals surface area (Å²) in [7, 11) is 0. The summed E-state index contributed by atoms with van der Waals surface area (Å²) in [5.41, 5.74) is 24.7. The second-order valence-electron chi connectivity index (χ2n) is 7.62. The van der Waals surface area contributed by atoms with Crippen molar-refractivity contribution in [1.82, 2.24) is 0 Å². The monoisotopic (exact) mass is 579 g/mol. The lowest BCUT2D eigenvalue weighted by atomic mass is 10.1. The van der Waals surface area contributed by atoms with Crippen LogP contribution in [0.5, 0.6) is 0 Å². The SMILES string of the molecule is CC(C)CCN.NCc1ccc(I)cc1.NCc1ccc([N+](=O)[O-])cc1.NCc1ccccc1. The van der Waals surface area contributed by atoms with E-state index in [0.717, 1.165) is 24.4 Å². The van der Waals surface area contributed by atoms with E-state index in [0.29, 0.717) is 19.6 Å². The minimum absolute atomic E-state index is 0.0993. The maximum absolute atomic E-state index is 10.2. The number of hydrogen-bond acceptors (Lipinski definition) is 6. The number of hydrogen-bond donors (Lipinski definition) is 4. The molecule has 7 nitrogen and oxygen atoms in total. The van der Waals surface area contributed by atoms with E-state index in [2.05, 4.69) is 48.6 Å². The van der Waals surface area contributed by atoms with Gasteiger partial charge in [-0.2, -0.15) is 0 Å². The number of nitrogens with zero attached hydrogens (tertiary/aromatic N) is 1. The highest BCUT2D eigenvalue weighted by atomic mass is 127. The largest absolute Gasteiger partial charge is 0.330 e. The van der Waals surface area contributed by atoms with Crippen LogP contribution >= 0.6 is 22.6 Å². The van der Waals surface area contributed by atoms with Gasteiger partial charge < -0.3 is 22.9 Å². The lowest BCUT2D eigenvalue weighted by Crippen LogP contribution is -2.01. The summed E-state index contributed by atoms with van der Waals surface area (Å²) in [6, 6.07) is 24.4. The van der Waals surface area contributed by atoms with E-state index < -0.39 is 4.92 Å². The Kier molecular flexibility index (Phi) is 18.6. The summed E-state index contributed by atoms with van der Waals surface area (Å²) in [5.74, 6) is 0.773. The van der Waals surface area contributed by atoms with Crippen LogP contribution in [0, 0.1) is 19.6 Å². The highest BCUT2D eigenvalue weighted by molar-refractivity contribution is 14.1. The van der Waals surface area contributed by atoms with Gasteiger partial charge in [0.25, 0.3) is 5.69 Å². The summed E-state index contributed by atoms with van der Waals surface area (Å²) in [4.78, 5) is 9.74. The van der Waals surface area contributed by atoms with Gasteiger partial charge in [0.1, 0.15) is 0 Å². The second kappa shape index (κ2) is 20.0. The third-order valence-corrected chi connectivity index (χ3v) is 5.07. The Morgan fingerprint density at radius 2 is 1.15 bits per heavy atom. The number of nitro groups is 1. The summed E-state index contributed by atoms with van der Waals surface area (Å²) in [5, 5.41) is 10.2. The maximum atomic E-state index is 10.2. The Balaban J connectivity index is 0.000000437. The van der Waals surface area contributed by atoms with Crippen molar-refractivity contribution in [2.75, 3.05) is 6.54 Å². The third-order valence-electron chi connectivity index (χ3n) is 4.35. The first-order chi connectivity index (χ1) is 16.3. The Labute approximate surface area is 217 Å². The van der Waals surface area contributed by atoms with Crippen LogP contribution in [0.15, 0.2) is 78.9 Å². The van der Waals surface area contributed by atoms with E-state index in [9.17, 15) is 10.1 Å². The summed E-state index contributed by atoms with van der Waals surface area (Å²) < 4.78 is 1.25. The van der Waals surface area contributed by atoms with Crippen molar-refractivity contribution in [2.24, 2.45) is 28.9 Å². The minimum atomic E-state index is -0.430. The van der Waals surface area contributed by atoms with Crippen LogP contribution < -0.4 is 22.9 Å². The molecule has 3 aromatic carbocycles. The number of benzene rings is 3. The summed E-state index contributed by atoms with van der Waals surface area (Å²) in [6.45, 7) is 6.87. The molecule has 0 aliphatic carbocycles. The van der Waals surface area contributed by atoms with Gasteiger partial charge in [0.15, 0.2) is 0 Å². The van der Waals surface area contributed by atoms with Gasteiger partial charge >= 0.3 is 0 Å². The molecule has 0 heterocycles. The van der Waals surface area contributed by atoms with Gasteiger partial charge in [-0.05, 0) is 70.3 Å². The van der Waals surface area contributed by atoms with Crippen LogP contribution in [-0.4, -0.2) is 11.5 Å². The fraction of sp³-hybridized carbons (Fsp3) is 0.308. The average molecular weight is 580 g/mol. The molecule has 8 N–H and O–H groups in total. The fourth-order valence-corrected chi connectivity index (χ4v) is 2.68. The molecular weight excluding hydrogens is 541 g/mol. The number of rotatable bonds is 6. The molecule has 3 aromatic rings. The first-order valence-corrected chi connectivity index (χ1v) is 12.2. The molecule has 0 saturated carbocycles. The number of halogens is 1. The van der Waals surface area contributed by atoms with E-state index >= 15 is 0 Å². The molecule has 0 fully saturated rings. The molecule has 0 saturated heterocycles. The van der Waals surface area contributed by atoms with E-state index in [1.165, 1.54) is 26.8 Å². The molecule has 8 heteroatoms. The average Bonchev–Trinajstić information content (AvgIpc) is 2.86. The lowest BCUT2D eigenvalue weighted by molar-refractivity contribution is -0.384. The van der Waals surface area contributed by atoms with Gasteiger partial charge in [-0.3, -0.25) is 10.1 Å². The summed E-state index contributed by atoms with van der Waals surface area (Å²) in [6.07, 6.45) is 1.15. The molecule has 3 rings (SSSR count). The zero-order valence-electron chi connectivity index (χ0n) is 20.1. The van der Waals surface area contributed by atoms with Crippen LogP contribution in [-0.2, 0) is 19.6 Å². The molecule has 0 aromatic heterocycles. The van der Waals surface area contributed by atoms with Crippen LogP contribution in [0.1, 0.15) is 37.0 Å². The normalized spacial score (nSPS) is 9.53. The fourth-order valence-electron chi connectivity index (χ4n) is 2.32. The van der Waals surface area contributed by atoms with Crippen LogP contribution in [0.25, 0.3) is 0 Å². The second-order valence-corrected chi connectivity index (χ2v) is 8.86. The van der Waals surface area contributed by atoms with Crippen LogP contribution in [0.4, 0.5) is 5.69 Å². The first-order valence-electron chi connectivity index (χ1n) is 11.1. The Morgan fingerprint density at radius 1 is 0.735 bits per heavy atom. The predicted octanol–water partition coefficient (Wildman–Crippen LogP) is 4.94. The van der Waals surface area contributed by atoms with Crippen LogP contribution in [0.2, 0.25) is 0 Å². The minimum Gasteiger partial charge on any atom is -0.330 e. The molecule has 0 radical (unpaired) electrons. The summed E-state index contributed by atoms with van der Waals surface area (Å²) >= 11 is 2.27. The molecule has 0 unspecified atom stereocenters. The molecule has 186 valence electrons. The highest BCUT2D eigenvalue weighted by Crippen LogP contribution is 2.10. The Morgan fingerprint density at radius 3 is 1.44 bits per heavy atom. The van der Waals surface area contributed by atoms with Crippen LogP contribution in [0.3, 0.4) is 0 Å². The molecule has 34 heavy (non-hydrogen) atoms. The van der Waals surface area contributed by atoms with Crippen molar-refractivity contribution in [3.63, 3.8) is 0 Å². The van der Waals surface area contributed by atoms with Gasteiger partial charge in [0.05, 0.1) is 4.92 Å². The van der Waals surface area contributed by atoms with Gasteiger partial charge in [0, 0.05) is 35.3 Å². The predicted molar refractivity (Wildman–Crippen MR) is 151 cm³/mol. The molecule has 0 spiro atoms. The first kappa shape index (κ1) is 31.6. The molecule has 0 aliphatic heterocycles. The van der Waals surface area contributed by atoms with E-state index in [-0.39, 0.29) is 5.69 Å². The van der Waals surface area contributed by atoms with Gasteiger partial charge in [-0.15, -0.1) is 0 Å². The zero-order valence-corrected chi connectivity index (χ0v) is 22.2. The maximum Gasteiger partial charge on any atom is 0.269 e. The number of nitrogens with two attached hydrogens (primary N) is 4. The highest BCUT2D eigenvalue weighted by Gasteiger charge is 2.01. The van der Waals surface area contributed by atoms with Crippen molar-refractivity contribution in [2.45, 2.75) is 39.9 Å². The lowest BCUT2D eigenvalue weighted by Gasteiger charge is -1.96. The number of non-ortho nitro benzene ring substituents is 1. The number of nitro benzene ring substituents is 1. The van der Waals surface area contributed by atoms with E-state index in [4.69, 9.17) is 22.9 Å². The third kappa shape index (κ3) is 16.3. The molecule has 0 amide bonds. The van der Waals surface area contributed by atoms with Crippen molar-refractivity contribution >= 4 is 28.3 Å². The smallest absolute Gasteiger partial charge is 0.269 e. The standard InChI is InChI=1S/C7H8IN.C7H8N2O2.C7H9N.C5H13N/c8-7-3-1-6(5-9)2-4-7;8-5-6-1-3-7(4-2-6)9(10)11;8-6-7-4-2-1-3-5-7;1-5(2)3-4-6/h1-4H,5,9H2;1-4H,5,8H2;1-5H,6,8H2;5H,3-4,6H2,1-2H3. The molecular formula is C26H38IN5O2. The van der Waals surface area contributed by atoms with Gasteiger partial charge in [-0.1, -0.05) is 68.4 Å².